The number of hydrogen-bond acceptors (Lipinski definition) is 5. The average Bonchev–Trinajstić information content (AvgIpc) is 2.66. The number of aryl methyl sites for hydroxylation is 2. The molecule has 0 aromatic heterocycles. The number of carbonyl (C=O) groups is 2. The van der Waals surface area contributed by atoms with E-state index in [-0.39, 0.29) is 19.1 Å². The standard InChI is InChI=1S/C20H20BrNO5/c1-12-3-4-14(7-13(12)2)20(24)22-10-19(23)27-11-15-8-17-18(9-16(15)21)26-6-5-25-17/h3-4,7-9H,5-6,10-11H2,1-2H3,(H,22,24). The van der Waals surface area contributed by atoms with Gasteiger partial charge in [-0.15, -0.1) is 0 Å². The number of hydrogen-bond donors (Lipinski definition) is 1. The lowest BCUT2D eigenvalue weighted by atomic mass is 10.1. The Morgan fingerprint density at radius 2 is 1.78 bits per heavy atom. The molecule has 2 aromatic carbocycles. The Morgan fingerprint density at radius 1 is 1.07 bits per heavy atom. The first-order chi connectivity index (χ1) is 12.9. The van der Waals surface area contributed by atoms with E-state index in [2.05, 4.69) is 21.2 Å². The summed E-state index contributed by atoms with van der Waals surface area (Å²) >= 11 is 3.43. The predicted octanol–water partition coefficient (Wildman–Crippen LogP) is 3.31. The minimum Gasteiger partial charge on any atom is -0.486 e. The first-order valence-corrected chi connectivity index (χ1v) is 9.32. The molecule has 1 amide bonds. The summed E-state index contributed by atoms with van der Waals surface area (Å²) in [6.45, 7) is 4.77. The van der Waals surface area contributed by atoms with Crippen molar-refractivity contribution in [3.63, 3.8) is 0 Å². The fourth-order valence-electron chi connectivity index (χ4n) is 2.56. The summed E-state index contributed by atoms with van der Waals surface area (Å²) in [6, 6.07) is 8.97. The Labute approximate surface area is 165 Å². The fraction of sp³-hybridized carbons (Fsp3) is 0.300. The molecule has 0 aliphatic carbocycles. The highest BCUT2D eigenvalue weighted by Gasteiger charge is 2.16. The first kappa shape index (κ1) is 19.2. The predicted molar refractivity (Wildman–Crippen MR) is 103 cm³/mol. The van der Waals surface area contributed by atoms with E-state index >= 15 is 0 Å². The van der Waals surface area contributed by atoms with Crippen molar-refractivity contribution in [2.45, 2.75) is 20.5 Å². The van der Waals surface area contributed by atoms with E-state index in [0.29, 0.717) is 30.3 Å². The topological polar surface area (TPSA) is 73.9 Å². The van der Waals surface area contributed by atoms with Crippen LogP contribution in [0.2, 0.25) is 0 Å². The minimum atomic E-state index is -0.519. The molecular weight excluding hydrogens is 414 g/mol. The monoisotopic (exact) mass is 433 g/mol. The third-order valence-electron chi connectivity index (χ3n) is 4.26. The maximum Gasteiger partial charge on any atom is 0.325 e. The molecule has 0 spiro atoms. The summed E-state index contributed by atoms with van der Waals surface area (Å²) in [6.07, 6.45) is 0. The zero-order valence-corrected chi connectivity index (χ0v) is 16.7. The van der Waals surface area contributed by atoms with Gasteiger partial charge in [0.1, 0.15) is 26.4 Å². The number of fused-ring (bicyclic) bond motifs is 1. The number of benzene rings is 2. The van der Waals surface area contributed by atoms with E-state index in [1.54, 1.807) is 24.3 Å². The third kappa shape index (κ3) is 4.80. The number of esters is 1. The van der Waals surface area contributed by atoms with E-state index in [4.69, 9.17) is 14.2 Å². The summed E-state index contributed by atoms with van der Waals surface area (Å²) in [7, 11) is 0. The first-order valence-electron chi connectivity index (χ1n) is 8.53. The van der Waals surface area contributed by atoms with Crippen LogP contribution in [0.15, 0.2) is 34.8 Å². The molecule has 1 aliphatic heterocycles. The van der Waals surface area contributed by atoms with Crippen molar-refractivity contribution in [3.8, 4) is 11.5 Å². The molecule has 0 bridgehead atoms. The average molecular weight is 434 g/mol. The second-order valence-corrected chi connectivity index (χ2v) is 7.08. The Kier molecular flexibility index (Phi) is 6.01. The molecule has 0 unspecified atom stereocenters. The van der Waals surface area contributed by atoms with Gasteiger partial charge >= 0.3 is 5.97 Å². The molecule has 0 saturated carbocycles. The second kappa shape index (κ2) is 8.43. The number of halogens is 1. The highest BCUT2D eigenvalue weighted by Crippen LogP contribution is 2.35. The number of ether oxygens (including phenoxy) is 3. The van der Waals surface area contributed by atoms with Crippen LogP contribution in [0.4, 0.5) is 0 Å². The van der Waals surface area contributed by atoms with Gasteiger partial charge in [0.15, 0.2) is 11.5 Å². The van der Waals surface area contributed by atoms with Crippen LogP contribution in [0.1, 0.15) is 27.0 Å². The SMILES string of the molecule is Cc1ccc(C(=O)NCC(=O)OCc2cc3c(cc2Br)OCCO3)cc1C. The highest BCUT2D eigenvalue weighted by atomic mass is 79.9. The van der Waals surface area contributed by atoms with Crippen molar-refractivity contribution in [1.82, 2.24) is 5.32 Å². The van der Waals surface area contributed by atoms with Crippen molar-refractivity contribution < 1.29 is 23.8 Å². The van der Waals surface area contributed by atoms with Crippen LogP contribution in [0.3, 0.4) is 0 Å². The lowest BCUT2D eigenvalue weighted by Crippen LogP contribution is -2.30. The summed E-state index contributed by atoms with van der Waals surface area (Å²) < 4.78 is 17.0. The molecule has 0 atom stereocenters. The summed E-state index contributed by atoms with van der Waals surface area (Å²) in [5.41, 5.74) is 3.40. The van der Waals surface area contributed by atoms with Gasteiger partial charge in [0.25, 0.3) is 5.91 Å². The largest absolute Gasteiger partial charge is 0.486 e. The summed E-state index contributed by atoms with van der Waals surface area (Å²) in [5, 5.41) is 2.58. The van der Waals surface area contributed by atoms with Crippen molar-refractivity contribution in [2.24, 2.45) is 0 Å². The van der Waals surface area contributed by atoms with Crippen LogP contribution in [-0.2, 0) is 16.1 Å². The van der Waals surface area contributed by atoms with Crippen LogP contribution in [0.5, 0.6) is 11.5 Å². The normalized spacial score (nSPS) is 12.4. The smallest absolute Gasteiger partial charge is 0.325 e. The minimum absolute atomic E-state index is 0.0650. The molecular formula is C20H20BrNO5. The molecule has 0 fully saturated rings. The Hall–Kier alpha value is -2.54. The number of amides is 1. The molecule has 6 nitrogen and oxygen atoms in total. The van der Waals surface area contributed by atoms with E-state index < -0.39 is 5.97 Å². The molecule has 3 rings (SSSR count). The Morgan fingerprint density at radius 3 is 2.48 bits per heavy atom. The van der Waals surface area contributed by atoms with Crippen molar-refractivity contribution in [3.05, 3.63) is 57.1 Å². The van der Waals surface area contributed by atoms with Gasteiger partial charge < -0.3 is 19.5 Å². The van der Waals surface area contributed by atoms with E-state index in [9.17, 15) is 9.59 Å². The van der Waals surface area contributed by atoms with Gasteiger partial charge in [0.2, 0.25) is 0 Å². The van der Waals surface area contributed by atoms with Gasteiger partial charge in [-0.05, 0) is 49.2 Å². The molecule has 0 radical (unpaired) electrons. The van der Waals surface area contributed by atoms with Crippen LogP contribution < -0.4 is 14.8 Å². The molecule has 27 heavy (non-hydrogen) atoms. The maximum absolute atomic E-state index is 12.1. The zero-order chi connectivity index (χ0) is 19.4. The Bertz CT molecular complexity index is 881. The van der Waals surface area contributed by atoms with Gasteiger partial charge in [-0.3, -0.25) is 9.59 Å². The highest BCUT2D eigenvalue weighted by molar-refractivity contribution is 9.10. The fourth-order valence-corrected chi connectivity index (χ4v) is 3.00. The summed E-state index contributed by atoms with van der Waals surface area (Å²) in [5.74, 6) is 0.451. The lowest BCUT2D eigenvalue weighted by molar-refractivity contribution is -0.143. The van der Waals surface area contributed by atoms with Gasteiger partial charge in [-0.2, -0.15) is 0 Å². The number of rotatable bonds is 5. The third-order valence-corrected chi connectivity index (χ3v) is 5.00. The van der Waals surface area contributed by atoms with E-state index in [1.165, 1.54) is 0 Å². The number of carbonyl (C=O) groups excluding carboxylic acids is 2. The van der Waals surface area contributed by atoms with Crippen LogP contribution in [-0.4, -0.2) is 31.6 Å². The van der Waals surface area contributed by atoms with Crippen LogP contribution >= 0.6 is 15.9 Å². The van der Waals surface area contributed by atoms with Crippen molar-refractivity contribution in [1.29, 1.82) is 0 Å². The Balaban J connectivity index is 1.52. The molecule has 142 valence electrons. The molecule has 7 heteroatoms. The van der Waals surface area contributed by atoms with E-state index in [1.807, 2.05) is 19.9 Å². The van der Waals surface area contributed by atoms with Crippen molar-refractivity contribution in [2.75, 3.05) is 19.8 Å². The lowest BCUT2D eigenvalue weighted by Gasteiger charge is -2.19. The quantitative estimate of drug-likeness (QED) is 0.732. The van der Waals surface area contributed by atoms with Gasteiger partial charge in [-0.1, -0.05) is 22.0 Å². The van der Waals surface area contributed by atoms with Crippen molar-refractivity contribution >= 4 is 27.8 Å². The van der Waals surface area contributed by atoms with Gasteiger partial charge in [-0.25, -0.2) is 0 Å². The molecule has 1 N–H and O–H groups in total. The molecule has 0 saturated heterocycles. The van der Waals surface area contributed by atoms with E-state index in [0.717, 1.165) is 21.2 Å². The van der Waals surface area contributed by atoms with Crippen LogP contribution in [0.25, 0.3) is 0 Å². The van der Waals surface area contributed by atoms with Gasteiger partial charge in [0, 0.05) is 15.6 Å². The summed E-state index contributed by atoms with van der Waals surface area (Å²) in [4.78, 5) is 24.1. The van der Waals surface area contributed by atoms with Gasteiger partial charge in [0.05, 0.1) is 0 Å². The molecule has 2 aromatic rings. The second-order valence-electron chi connectivity index (χ2n) is 6.23. The van der Waals surface area contributed by atoms with Crippen LogP contribution in [0, 0.1) is 13.8 Å². The maximum atomic E-state index is 12.1. The molecule has 1 heterocycles. The number of nitrogens with one attached hydrogen (secondary N) is 1. The zero-order valence-electron chi connectivity index (χ0n) is 15.1. The molecule has 1 aliphatic rings.